The Labute approximate surface area is 110 Å². The third-order valence-corrected chi connectivity index (χ3v) is 3.71. The SMILES string of the molecule is ClCCN(Cc1cncc(Br)c1)C1CCC1. The number of hydrogen-bond acceptors (Lipinski definition) is 2. The van der Waals surface area contributed by atoms with Crippen molar-refractivity contribution in [3.63, 3.8) is 0 Å². The molecule has 0 bridgehead atoms. The van der Waals surface area contributed by atoms with Crippen LogP contribution in [0.3, 0.4) is 0 Å². The maximum Gasteiger partial charge on any atom is 0.0410 e. The molecule has 16 heavy (non-hydrogen) atoms. The number of nitrogens with zero attached hydrogens (tertiary/aromatic N) is 2. The van der Waals surface area contributed by atoms with Crippen molar-refractivity contribution >= 4 is 27.5 Å². The second kappa shape index (κ2) is 5.99. The summed E-state index contributed by atoms with van der Waals surface area (Å²) in [5, 5.41) is 0. The Morgan fingerprint density at radius 1 is 1.44 bits per heavy atom. The van der Waals surface area contributed by atoms with Crippen LogP contribution in [-0.2, 0) is 6.54 Å². The molecule has 0 unspecified atom stereocenters. The first-order valence-electron chi connectivity index (χ1n) is 5.69. The fourth-order valence-corrected chi connectivity index (χ4v) is 2.66. The van der Waals surface area contributed by atoms with Crippen molar-refractivity contribution in [2.45, 2.75) is 31.8 Å². The van der Waals surface area contributed by atoms with Gasteiger partial charge in [0.2, 0.25) is 0 Å². The largest absolute Gasteiger partial charge is 0.295 e. The number of alkyl halides is 1. The summed E-state index contributed by atoms with van der Waals surface area (Å²) >= 11 is 9.30. The summed E-state index contributed by atoms with van der Waals surface area (Å²) < 4.78 is 1.05. The Morgan fingerprint density at radius 3 is 2.81 bits per heavy atom. The van der Waals surface area contributed by atoms with Gasteiger partial charge in [0, 0.05) is 41.9 Å². The van der Waals surface area contributed by atoms with Gasteiger partial charge in [-0.05, 0) is 40.4 Å². The minimum atomic E-state index is 0.706. The standard InChI is InChI=1S/C12H16BrClN2/c13-11-6-10(7-15-8-11)9-16(5-4-14)12-2-1-3-12/h6-8,12H,1-5,9H2. The fraction of sp³-hybridized carbons (Fsp3) is 0.583. The van der Waals surface area contributed by atoms with Gasteiger partial charge in [-0.1, -0.05) is 6.42 Å². The maximum absolute atomic E-state index is 5.85. The average Bonchev–Trinajstić information content (AvgIpc) is 2.15. The van der Waals surface area contributed by atoms with E-state index >= 15 is 0 Å². The summed E-state index contributed by atoms with van der Waals surface area (Å²) in [6, 6.07) is 2.87. The first-order chi connectivity index (χ1) is 7.79. The molecule has 0 amide bonds. The van der Waals surface area contributed by atoms with Gasteiger partial charge < -0.3 is 0 Å². The van der Waals surface area contributed by atoms with E-state index in [2.05, 4.69) is 31.9 Å². The van der Waals surface area contributed by atoms with Crippen molar-refractivity contribution in [2.75, 3.05) is 12.4 Å². The zero-order valence-corrected chi connectivity index (χ0v) is 11.5. The molecule has 1 fully saturated rings. The highest BCUT2D eigenvalue weighted by Gasteiger charge is 2.24. The molecule has 0 aliphatic heterocycles. The second-order valence-electron chi connectivity index (χ2n) is 4.26. The second-order valence-corrected chi connectivity index (χ2v) is 5.55. The first-order valence-corrected chi connectivity index (χ1v) is 7.02. The monoisotopic (exact) mass is 302 g/mol. The molecule has 88 valence electrons. The van der Waals surface area contributed by atoms with Gasteiger partial charge in [-0.2, -0.15) is 0 Å². The highest BCUT2D eigenvalue weighted by Crippen LogP contribution is 2.26. The molecule has 1 heterocycles. The van der Waals surface area contributed by atoms with Crippen molar-refractivity contribution in [3.8, 4) is 0 Å². The lowest BCUT2D eigenvalue weighted by Crippen LogP contribution is -2.40. The molecule has 0 radical (unpaired) electrons. The number of rotatable bonds is 5. The predicted octanol–water partition coefficient (Wildman–Crippen LogP) is 3.44. The molecule has 4 heteroatoms. The molecule has 2 rings (SSSR count). The van der Waals surface area contributed by atoms with Gasteiger partial charge >= 0.3 is 0 Å². The summed E-state index contributed by atoms with van der Waals surface area (Å²) in [7, 11) is 0. The van der Waals surface area contributed by atoms with E-state index in [0.717, 1.165) is 23.6 Å². The van der Waals surface area contributed by atoms with Crippen LogP contribution in [0.4, 0.5) is 0 Å². The zero-order chi connectivity index (χ0) is 11.4. The smallest absolute Gasteiger partial charge is 0.0410 e. The Morgan fingerprint density at radius 2 is 2.25 bits per heavy atom. The minimum absolute atomic E-state index is 0.706. The molecule has 1 saturated carbocycles. The van der Waals surface area contributed by atoms with Crippen LogP contribution < -0.4 is 0 Å². The third-order valence-electron chi connectivity index (χ3n) is 3.11. The van der Waals surface area contributed by atoms with Crippen molar-refractivity contribution in [1.29, 1.82) is 0 Å². The Balaban J connectivity index is 1.98. The molecule has 1 aromatic heterocycles. The number of hydrogen-bond donors (Lipinski definition) is 0. The van der Waals surface area contributed by atoms with E-state index in [0.29, 0.717) is 5.88 Å². The normalized spacial score (nSPS) is 16.4. The predicted molar refractivity (Wildman–Crippen MR) is 70.7 cm³/mol. The van der Waals surface area contributed by atoms with Crippen LogP contribution in [0, 0.1) is 0 Å². The number of pyridine rings is 1. The van der Waals surface area contributed by atoms with E-state index in [4.69, 9.17) is 11.6 Å². The summed E-state index contributed by atoms with van der Waals surface area (Å²) in [4.78, 5) is 6.67. The molecule has 1 aliphatic carbocycles. The number of halogens is 2. The summed E-state index contributed by atoms with van der Waals surface area (Å²) in [6.07, 6.45) is 7.75. The summed E-state index contributed by atoms with van der Waals surface area (Å²) in [5.74, 6) is 0.706. The van der Waals surface area contributed by atoms with Crippen LogP contribution in [0.5, 0.6) is 0 Å². The summed E-state index contributed by atoms with van der Waals surface area (Å²) in [5.41, 5.74) is 1.26. The number of aromatic nitrogens is 1. The Bertz CT molecular complexity index is 342. The summed E-state index contributed by atoms with van der Waals surface area (Å²) in [6.45, 7) is 1.93. The topological polar surface area (TPSA) is 16.1 Å². The third kappa shape index (κ3) is 3.19. The molecule has 0 N–H and O–H groups in total. The van der Waals surface area contributed by atoms with Crippen LogP contribution in [0.25, 0.3) is 0 Å². The van der Waals surface area contributed by atoms with E-state index in [1.54, 1.807) is 0 Å². The fourth-order valence-electron chi connectivity index (χ4n) is 2.03. The Kier molecular flexibility index (Phi) is 4.62. The quantitative estimate of drug-likeness (QED) is 0.775. The van der Waals surface area contributed by atoms with E-state index < -0.39 is 0 Å². The Hall–Kier alpha value is -0.120. The van der Waals surface area contributed by atoms with Gasteiger partial charge in [0.05, 0.1) is 0 Å². The van der Waals surface area contributed by atoms with Gasteiger partial charge in [-0.15, -0.1) is 11.6 Å². The van der Waals surface area contributed by atoms with Crippen molar-refractivity contribution in [3.05, 3.63) is 28.5 Å². The van der Waals surface area contributed by atoms with Crippen molar-refractivity contribution < 1.29 is 0 Å². The van der Waals surface area contributed by atoms with Crippen LogP contribution in [0.2, 0.25) is 0 Å². The maximum atomic E-state index is 5.85. The lowest BCUT2D eigenvalue weighted by Gasteiger charge is -2.37. The van der Waals surface area contributed by atoms with Crippen molar-refractivity contribution in [2.24, 2.45) is 0 Å². The van der Waals surface area contributed by atoms with Gasteiger partial charge in [-0.25, -0.2) is 0 Å². The van der Waals surface area contributed by atoms with E-state index in [1.165, 1.54) is 24.8 Å². The van der Waals surface area contributed by atoms with Crippen LogP contribution in [-0.4, -0.2) is 28.4 Å². The zero-order valence-electron chi connectivity index (χ0n) is 9.20. The molecular weight excluding hydrogens is 288 g/mol. The van der Waals surface area contributed by atoms with E-state index in [1.807, 2.05) is 12.4 Å². The van der Waals surface area contributed by atoms with Gasteiger partial charge in [-0.3, -0.25) is 9.88 Å². The molecule has 0 saturated heterocycles. The highest BCUT2D eigenvalue weighted by atomic mass is 79.9. The van der Waals surface area contributed by atoms with E-state index in [9.17, 15) is 0 Å². The van der Waals surface area contributed by atoms with Crippen LogP contribution in [0.15, 0.2) is 22.9 Å². The van der Waals surface area contributed by atoms with Crippen molar-refractivity contribution in [1.82, 2.24) is 9.88 Å². The lowest BCUT2D eigenvalue weighted by atomic mass is 9.91. The van der Waals surface area contributed by atoms with Gasteiger partial charge in [0.1, 0.15) is 0 Å². The molecule has 1 aliphatic rings. The van der Waals surface area contributed by atoms with Crippen LogP contribution >= 0.6 is 27.5 Å². The lowest BCUT2D eigenvalue weighted by molar-refractivity contribution is 0.127. The first kappa shape index (κ1) is 12.3. The highest BCUT2D eigenvalue weighted by molar-refractivity contribution is 9.10. The average molecular weight is 304 g/mol. The molecule has 2 nitrogen and oxygen atoms in total. The van der Waals surface area contributed by atoms with E-state index in [-0.39, 0.29) is 0 Å². The molecule has 0 atom stereocenters. The molecular formula is C12H16BrClN2. The van der Waals surface area contributed by atoms with Gasteiger partial charge in [0.25, 0.3) is 0 Å². The molecule has 1 aromatic rings. The molecule has 0 spiro atoms. The van der Waals surface area contributed by atoms with Gasteiger partial charge in [0.15, 0.2) is 0 Å². The van der Waals surface area contributed by atoms with Crippen LogP contribution in [0.1, 0.15) is 24.8 Å². The minimum Gasteiger partial charge on any atom is -0.295 e. The molecule has 0 aromatic carbocycles.